The summed E-state index contributed by atoms with van der Waals surface area (Å²) in [6.45, 7) is -0.154. The second kappa shape index (κ2) is 13.6. The Bertz CT molecular complexity index is 933. The van der Waals surface area contributed by atoms with Gasteiger partial charge in [0.2, 0.25) is 0 Å². The van der Waals surface area contributed by atoms with Crippen molar-refractivity contribution in [2.24, 2.45) is 0 Å². The third-order valence-electron chi connectivity index (χ3n) is 5.11. The molecular weight excluding hydrogens is 420 g/mol. The van der Waals surface area contributed by atoms with Crippen LogP contribution < -0.4 is 0 Å². The molecule has 0 unspecified atom stereocenters. The zero-order valence-electron chi connectivity index (χ0n) is 18.5. The molecule has 0 aliphatic heterocycles. The topological polar surface area (TPSA) is 85.2 Å². The maximum atomic E-state index is 12.6. The van der Waals surface area contributed by atoms with Gasteiger partial charge in [-0.3, -0.25) is 4.79 Å². The maximum absolute atomic E-state index is 12.6. The molecule has 2 N–H and O–H groups in total. The van der Waals surface area contributed by atoms with Gasteiger partial charge in [-0.15, -0.1) is 0 Å². The van der Waals surface area contributed by atoms with Crippen molar-refractivity contribution in [1.29, 1.82) is 0 Å². The van der Waals surface area contributed by atoms with Crippen LogP contribution in [-0.4, -0.2) is 47.5 Å². The second-order valence-corrected chi connectivity index (χ2v) is 7.67. The van der Waals surface area contributed by atoms with Crippen LogP contribution in [0.4, 0.5) is 0 Å². The van der Waals surface area contributed by atoms with E-state index >= 15 is 0 Å². The predicted molar refractivity (Wildman–Crippen MR) is 124 cm³/mol. The highest BCUT2D eigenvalue weighted by molar-refractivity contribution is 5.84. The second-order valence-electron chi connectivity index (χ2n) is 7.67. The first-order valence-electron chi connectivity index (χ1n) is 10.9. The molecule has 0 fully saturated rings. The Balaban J connectivity index is 1.70. The van der Waals surface area contributed by atoms with E-state index in [-0.39, 0.29) is 19.8 Å². The van der Waals surface area contributed by atoms with Crippen LogP contribution in [0.2, 0.25) is 0 Å². The zero-order valence-corrected chi connectivity index (χ0v) is 18.5. The van der Waals surface area contributed by atoms with E-state index in [0.717, 1.165) is 16.7 Å². The number of hydrogen-bond donors (Lipinski definition) is 2. The number of ketones is 1. The molecule has 174 valence electrons. The van der Waals surface area contributed by atoms with E-state index in [4.69, 9.17) is 14.2 Å². The van der Waals surface area contributed by atoms with E-state index in [9.17, 15) is 15.0 Å². The van der Waals surface area contributed by atoms with Gasteiger partial charge in [0.05, 0.1) is 26.4 Å². The number of aliphatic hydroxyl groups is 2. The van der Waals surface area contributed by atoms with Crippen molar-refractivity contribution in [3.05, 3.63) is 108 Å². The van der Waals surface area contributed by atoms with Crippen molar-refractivity contribution >= 4 is 5.78 Å². The van der Waals surface area contributed by atoms with Crippen molar-refractivity contribution in [1.82, 2.24) is 0 Å². The van der Waals surface area contributed by atoms with Crippen molar-refractivity contribution in [2.75, 3.05) is 13.2 Å². The molecule has 0 saturated carbocycles. The molecule has 0 heterocycles. The molecule has 33 heavy (non-hydrogen) atoms. The summed E-state index contributed by atoms with van der Waals surface area (Å²) in [6, 6.07) is 28.4. The summed E-state index contributed by atoms with van der Waals surface area (Å²) >= 11 is 0. The van der Waals surface area contributed by atoms with Crippen LogP contribution in [0, 0.1) is 0 Å². The lowest BCUT2D eigenvalue weighted by molar-refractivity contribution is -0.167. The van der Waals surface area contributed by atoms with E-state index < -0.39 is 30.7 Å². The molecule has 0 bridgehead atoms. The zero-order chi connectivity index (χ0) is 23.3. The monoisotopic (exact) mass is 450 g/mol. The minimum atomic E-state index is -1.16. The van der Waals surface area contributed by atoms with E-state index in [1.54, 1.807) is 0 Å². The number of aliphatic hydroxyl groups excluding tert-OH is 2. The lowest BCUT2D eigenvalue weighted by atomic mass is 10.0. The highest BCUT2D eigenvalue weighted by Gasteiger charge is 2.35. The normalized spacial score (nSPS) is 13.9. The Morgan fingerprint density at radius 2 is 1.15 bits per heavy atom. The van der Waals surface area contributed by atoms with Crippen LogP contribution in [0.15, 0.2) is 91.0 Å². The SMILES string of the molecule is O=C(CO)[C@@H](OCc1ccccc1)[C@@H](OCc1ccccc1)[C@H](O)COCc1ccccc1. The molecule has 3 aromatic carbocycles. The molecule has 0 saturated heterocycles. The molecule has 6 nitrogen and oxygen atoms in total. The summed E-state index contributed by atoms with van der Waals surface area (Å²) in [4.78, 5) is 12.6. The number of benzene rings is 3. The van der Waals surface area contributed by atoms with Gasteiger partial charge in [-0.05, 0) is 16.7 Å². The molecule has 0 radical (unpaired) electrons. The minimum Gasteiger partial charge on any atom is -0.388 e. The summed E-state index contributed by atoms with van der Waals surface area (Å²) in [5.41, 5.74) is 2.72. The highest BCUT2D eigenvalue weighted by Crippen LogP contribution is 2.17. The van der Waals surface area contributed by atoms with Crippen LogP contribution in [-0.2, 0) is 38.8 Å². The van der Waals surface area contributed by atoms with Crippen molar-refractivity contribution in [2.45, 2.75) is 38.1 Å². The standard InChI is InChI=1S/C27H30O6/c28-16-24(29)26(32-18-22-12-6-2-7-13-22)27(33-19-23-14-8-3-9-15-23)25(30)20-31-17-21-10-4-1-5-11-21/h1-15,25-28,30H,16-20H2/t25-,26-,27+/m1/s1. The Kier molecular flexibility index (Phi) is 10.2. The quantitative estimate of drug-likeness (QED) is 0.392. The predicted octanol–water partition coefficient (Wildman–Crippen LogP) is 3.30. The number of hydrogen-bond acceptors (Lipinski definition) is 6. The number of Topliss-reactive ketones (excluding diaryl/α,β-unsaturated/α-hetero) is 1. The largest absolute Gasteiger partial charge is 0.388 e. The van der Waals surface area contributed by atoms with Crippen molar-refractivity contribution in [3.63, 3.8) is 0 Å². The molecule has 0 aliphatic rings. The first-order chi connectivity index (χ1) is 16.2. The van der Waals surface area contributed by atoms with Gasteiger partial charge in [-0.2, -0.15) is 0 Å². The average Bonchev–Trinajstić information content (AvgIpc) is 2.87. The molecule has 0 amide bonds. The van der Waals surface area contributed by atoms with Crippen LogP contribution >= 0.6 is 0 Å². The summed E-state index contributed by atoms with van der Waals surface area (Å²) in [6.07, 6.45) is -3.33. The van der Waals surface area contributed by atoms with E-state index in [1.807, 2.05) is 91.0 Å². The van der Waals surface area contributed by atoms with Gasteiger partial charge in [-0.25, -0.2) is 0 Å². The molecular formula is C27H30O6. The fourth-order valence-corrected chi connectivity index (χ4v) is 3.35. The van der Waals surface area contributed by atoms with Crippen LogP contribution in [0.3, 0.4) is 0 Å². The third-order valence-corrected chi connectivity index (χ3v) is 5.11. The summed E-state index contributed by atoms with van der Waals surface area (Å²) in [7, 11) is 0. The van der Waals surface area contributed by atoms with Gasteiger partial charge in [0, 0.05) is 0 Å². The van der Waals surface area contributed by atoms with Gasteiger partial charge in [-0.1, -0.05) is 91.0 Å². The molecule has 3 atom stereocenters. The van der Waals surface area contributed by atoms with Crippen LogP contribution in [0.5, 0.6) is 0 Å². The first kappa shape index (κ1) is 24.8. The van der Waals surface area contributed by atoms with Crippen LogP contribution in [0.25, 0.3) is 0 Å². The Hall–Kier alpha value is -2.87. The molecule has 0 aromatic heterocycles. The van der Waals surface area contributed by atoms with Crippen LogP contribution in [0.1, 0.15) is 16.7 Å². The first-order valence-corrected chi connectivity index (χ1v) is 10.9. The van der Waals surface area contributed by atoms with Gasteiger partial charge >= 0.3 is 0 Å². The molecule has 3 rings (SSSR count). The number of carbonyl (C=O) groups excluding carboxylic acids is 1. The van der Waals surface area contributed by atoms with E-state index in [1.165, 1.54) is 0 Å². The fourth-order valence-electron chi connectivity index (χ4n) is 3.35. The number of rotatable bonds is 14. The van der Waals surface area contributed by atoms with Gasteiger partial charge in [0.25, 0.3) is 0 Å². The van der Waals surface area contributed by atoms with Gasteiger partial charge < -0.3 is 24.4 Å². The lowest BCUT2D eigenvalue weighted by Gasteiger charge is -2.30. The lowest BCUT2D eigenvalue weighted by Crippen LogP contribution is -2.48. The summed E-state index contributed by atoms with van der Waals surface area (Å²) in [5, 5.41) is 20.5. The molecule has 0 aliphatic carbocycles. The Labute approximate surface area is 194 Å². The maximum Gasteiger partial charge on any atom is 0.189 e. The molecule has 3 aromatic rings. The highest BCUT2D eigenvalue weighted by atomic mass is 16.6. The summed E-state index contributed by atoms with van der Waals surface area (Å²) in [5.74, 6) is -0.564. The Morgan fingerprint density at radius 3 is 1.64 bits per heavy atom. The summed E-state index contributed by atoms with van der Waals surface area (Å²) < 4.78 is 17.5. The molecule has 6 heteroatoms. The number of carbonyl (C=O) groups is 1. The third kappa shape index (κ3) is 8.20. The van der Waals surface area contributed by atoms with E-state index in [2.05, 4.69) is 0 Å². The van der Waals surface area contributed by atoms with Crippen molar-refractivity contribution in [3.8, 4) is 0 Å². The van der Waals surface area contributed by atoms with Gasteiger partial charge in [0.15, 0.2) is 5.78 Å². The average molecular weight is 451 g/mol. The van der Waals surface area contributed by atoms with E-state index in [0.29, 0.717) is 6.61 Å². The fraction of sp³-hybridized carbons (Fsp3) is 0.296. The minimum absolute atomic E-state index is 0.0573. The van der Waals surface area contributed by atoms with Crippen molar-refractivity contribution < 1.29 is 29.2 Å². The number of ether oxygens (including phenoxy) is 3. The Morgan fingerprint density at radius 1 is 0.697 bits per heavy atom. The molecule has 0 spiro atoms. The smallest absolute Gasteiger partial charge is 0.189 e. The van der Waals surface area contributed by atoms with Gasteiger partial charge in [0.1, 0.15) is 24.9 Å².